The smallest absolute Gasteiger partial charge is 0.320 e. The first-order valence-electron chi connectivity index (χ1n) is 9.79. The van der Waals surface area contributed by atoms with Crippen molar-refractivity contribution in [3.8, 4) is 0 Å². The van der Waals surface area contributed by atoms with Gasteiger partial charge in [-0.2, -0.15) is 0 Å². The highest BCUT2D eigenvalue weighted by atomic mass is 16.2. The molecule has 0 radical (unpaired) electrons. The molecular formula is C21H24N6O2. The standard InChI is InChI=1S/C21H24N6O2/c1-14(22)21(15-5-6-15)8-11-27(19(21)28)17-7-10-24-18(12-17)26-20(29)25-13-16-4-2-3-9-23-16/h2-4,7,9-10,12,15,22H,5-6,8,11,13H2,1H3,(H2,24,25,26,29)/t21-/m1/s1. The van der Waals surface area contributed by atoms with E-state index in [2.05, 4.69) is 20.6 Å². The Kier molecular flexibility index (Phi) is 5.00. The summed E-state index contributed by atoms with van der Waals surface area (Å²) in [5.41, 5.74) is 1.24. The van der Waals surface area contributed by atoms with Crippen LogP contribution >= 0.6 is 0 Å². The maximum atomic E-state index is 13.2. The lowest BCUT2D eigenvalue weighted by Crippen LogP contribution is -2.41. The van der Waals surface area contributed by atoms with Crippen molar-refractivity contribution in [2.45, 2.75) is 32.7 Å². The van der Waals surface area contributed by atoms with Crippen LogP contribution in [0.2, 0.25) is 0 Å². The molecule has 3 heterocycles. The van der Waals surface area contributed by atoms with Gasteiger partial charge in [0.25, 0.3) is 0 Å². The molecule has 8 heteroatoms. The van der Waals surface area contributed by atoms with Crippen molar-refractivity contribution in [1.29, 1.82) is 5.41 Å². The second-order valence-corrected chi connectivity index (χ2v) is 7.61. The minimum atomic E-state index is -0.656. The van der Waals surface area contributed by atoms with Gasteiger partial charge in [-0.05, 0) is 50.3 Å². The van der Waals surface area contributed by atoms with Crippen molar-refractivity contribution in [1.82, 2.24) is 15.3 Å². The summed E-state index contributed by atoms with van der Waals surface area (Å²) in [5, 5.41) is 13.7. The predicted octanol–water partition coefficient (Wildman–Crippen LogP) is 2.97. The Morgan fingerprint density at radius 3 is 2.79 bits per heavy atom. The van der Waals surface area contributed by atoms with Gasteiger partial charge < -0.3 is 15.6 Å². The number of anilines is 2. The molecule has 29 heavy (non-hydrogen) atoms. The molecule has 1 aliphatic carbocycles. The van der Waals surface area contributed by atoms with Gasteiger partial charge in [0, 0.05) is 36.4 Å². The second-order valence-electron chi connectivity index (χ2n) is 7.61. The topological polar surface area (TPSA) is 111 Å². The van der Waals surface area contributed by atoms with Gasteiger partial charge in [0.1, 0.15) is 5.82 Å². The molecule has 1 saturated carbocycles. The van der Waals surface area contributed by atoms with Crippen LogP contribution in [0.3, 0.4) is 0 Å². The zero-order chi connectivity index (χ0) is 20.4. The zero-order valence-corrected chi connectivity index (χ0v) is 16.3. The molecule has 0 unspecified atom stereocenters. The first-order valence-corrected chi connectivity index (χ1v) is 9.79. The van der Waals surface area contributed by atoms with E-state index in [-0.39, 0.29) is 11.8 Å². The van der Waals surface area contributed by atoms with Crippen molar-refractivity contribution < 1.29 is 9.59 Å². The quantitative estimate of drug-likeness (QED) is 0.656. The molecular weight excluding hydrogens is 368 g/mol. The van der Waals surface area contributed by atoms with Crippen LogP contribution in [0.15, 0.2) is 42.7 Å². The summed E-state index contributed by atoms with van der Waals surface area (Å²) in [6, 6.07) is 8.57. The monoisotopic (exact) mass is 392 g/mol. The average Bonchev–Trinajstić information content (AvgIpc) is 3.50. The number of amides is 3. The van der Waals surface area contributed by atoms with Gasteiger partial charge in [-0.25, -0.2) is 9.78 Å². The Labute approximate surface area is 169 Å². The third-order valence-electron chi connectivity index (χ3n) is 5.75. The normalized spacial score (nSPS) is 21.1. The van der Waals surface area contributed by atoms with Gasteiger partial charge in [0.05, 0.1) is 17.7 Å². The summed E-state index contributed by atoms with van der Waals surface area (Å²) >= 11 is 0. The SMILES string of the molecule is CC(=N)[C@@]1(C2CC2)CCN(c2ccnc(NC(=O)NCc3ccccn3)c2)C1=O. The first-order chi connectivity index (χ1) is 14.0. The molecule has 1 atom stereocenters. The van der Waals surface area contributed by atoms with Crippen molar-refractivity contribution in [3.05, 3.63) is 48.4 Å². The summed E-state index contributed by atoms with van der Waals surface area (Å²) in [6.07, 6.45) is 5.93. The van der Waals surface area contributed by atoms with Gasteiger partial charge in [0.15, 0.2) is 0 Å². The molecule has 2 fully saturated rings. The van der Waals surface area contributed by atoms with Gasteiger partial charge in [-0.1, -0.05) is 6.07 Å². The van der Waals surface area contributed by atoms with Gasteiger partial charge in [-0.3, -0.25) is 15.1 Å². The fourth-order valence-corrected chi connectivity index (χ4v) is 4.08. The first kappa shape index (κ1) is 19.0. The molecule has 2 aromatic rings. The lowest BCUT2D eigenvalue weighted by molar-refractivity contribution is -0.123. The molecule has 2 aliphatic rings. The van der Waals surface area contributed by atoms with E-state index >= 15 is 0 Å². The summed E-state index contributed by atoms with van der Waals surface area (Å²) in [7, 11) is 0. The number of aromatic nitrogens is 2. The molecule has 3 N–H and O–H groups in total. The van der Waals surface area contributed by atoms with E-state index in [1.54, 1.807) is 36.4 Å². The van der Waals surface area contributed by atoms with Gasteiger partial charge in [-0.15, -0.1) is 0 Å². The number of hydrogen-bond donors (Lipinski definition) is 3. The summed E-state index contributed by atoms with van der Waals surface area (Å²) in [5.74, 6) is 0.642. The number of carbonyl (C=O) groups excluding carboxylic acids is 2. The molecule has 150 valence electrons. The Bertz CT molecular complexity index is 943. The molecule has 0 aromatic carbocycles. The van der Waals surface area contributed by atoms with Gasteiger partial charge in [0.2, 0.25) is 5.91 Å². The van der Waals surface area contributed by atoms with Crippen LogP contribution in [0, 0.1) is 16.7 Å². The molecule has 0 bridgehead atoms. The van der Waals surface area contributed by atoms with E-state index in [0.29, 0.717) is 36.7 Å². The van der Waals surface area contributed by atoms with Crippen molar-refractivity contribution >= 4 is 29.2 Å². The maximum absolute atomic E-state index is 13.2. The van der Waals surface area contributed by atoms with Crippen molar-refractivity contribution in [2.75, 3.05) is 16.8 Å². The number of carbonyl (C=O) groups is 2. The van der Waals surface area contributed by atoms with Crippen LogP contribution < -0.4 is 15.5 Å². The number of nitrogens with zero attached hydrogens (tertiary/aromatic N) is 3. The minimum Gasteiger partial charge on any atom is -0.332 e. The van der Waals surface area contributed by atoms with Crippen LogP contribution in [-0.2, 0) is 11.3 Å². The van der Waals surface area contributed by atoms with Crippen LogP contribution in [0.1, 0.15) is 31.9 Å². The Hall–Kier alpha value is -3.29. The Balaban J connectivity index is 1.43. The Morgan fingerprint density at radius 1 is 1.28 bits per heavy atom. The minimum absolute atomic E-state index is 0.00995. The van der Waals surface area contributed by atoms with Crippen LogP contribution in [0.25, 0.3) is 0 Å². The lowest BCUT2D eigenvalue weighted by atomic mass is 9.77. The second kappa shape index (κ2) is 7.62. The summed E-state index contributed by atoms with van der Waals surface area (Å²) < 4.78 is 0. The van der Waals surface area contributed by atoms with Crippen LogP contribution in [0.4, 0.5) is 16.3 Å². The molecule has 1 aliphatic heterocycles. The van der Waals surface area contributed by atoms with E-state index in [9.17, 15) is 9.59 Å². The number of hydrogen-bond acceptors (Lipinski definition) is 5. The number of urea groups is 1. The third-order valence-corrected chi connectivity index (χ3v) is 5.75. The van der Waals surface area contributed by atoms with E-state index in [4.69, 9.17) is 5.41 Å². The largest absolute Gasteiger partial charge is 0.332 e. The van der Waals surface area contributed by atoms with E-state index in [0.717, 1.165) is 18.5 Å². The molecule has 1 saturated heterocycles. The number of pyridine rings is 2. The highest BCUT2D eigenvalue weighted by Crippen LogP contribution is 2.52. The van der Waals surface area contributed by atoms with Crippen molar-refractivity contribution in [2.24, 2.45) is 11.3 Å². The molecule has 4 rings (SSSR count). The fraction of sp³-hybridized carbons (Fsp3) is 0.381. The van der Waals surface area contributed by atoms with Crippen LogP contribution in [0.5, 0.6) is 0 Å². The highest BCUT2D eigenvalue weighted by Gasteiger charge is 2.57. The molecule has 3 amide bonds. The predicted molar refractivity (Wildman–Crippen MR) is 110 cm³/mol. The fourth-order valence-electron chi connectivity index (χ4n) is 4.08. The molecule has 0 spiro atoms. The third kappa shape index (κ3) is 3.70. The van der Waals surface area contributed by atoms with E-state index in [1.807, 2.05) is 18.2 Å². The maximum Gasteiger partial charge on any atom is 0.320 e. The van der Waals surface area contributed by atoms with Crippen molar-refractivity contribution in [3.63, 3.8) is 0 Å². The molecule has 2 aromatic heterocycles. The molecule has 8 nitrogen and oxygen atoms in total. The summed E-state index contributed by atoms with van der Waals surface area (Å²) in [6.45, 7) is 2.62. The lowest BCUT2D eigenvalue weighted by Gasteiger charge is -2.27. The van der Waals surface area contributed by atoms with Crippen LogP contribution in [-0.4, -0.2) is 34.2 Å². The Morgan fingerprint density at radius 2 is 2.10 bits per heavy atom. The summed E-state index contributed by atoms with van der Waals surface area (Å²) in [4.78, 5) is 35.4. The van der Waals surface area contributed by atoms with Gasteiger partial charge >= 0.3 is 6.03 Å². The van der Waals surface area contributed by atoms with E-state index < -0.39 is 11.4 Å². The number of nitrogens with one attached hydrogen (secondary N) is 3. The zero-order valence-electron chi connectivity index (χ0n) is 16.3. The average molecular weight is 392 g/mol. The highest BCUT2D eigenvalue weighted by molar-refractivity contribution is 6.15. The number of rotatable bonds is 6. The van der Waals surface area contributed by atoms with E-state index in [1.165, 1.54) is 0 Å².